The average molecular weight is 476 g/mol. The molecule has 5 rings (SSSR count). The van der Waals surface area contributed by atoms with Crippen molar-refractivity contribution in [1.82, 2.24) is 0 Å². The average Bonchev–Trinajstić information content (AvgIpc) is 2.91. The van der Waals surface area contributed by atoms with Crippen molar-refractivity contribution in [3.63, 3.8) is 0 Å². The molecule has 0 unspecified atom stereocenters. The number of fused-ring (bicyclic) bond motifs is 1. The highest BCUT2D eigenvalue weighted by atomic mass is 15.1. The maximum Gasteiger partial charge on any atom is 0.0656 e. The first-order chi connectivity index (χ1) is 17.5. The van der Waals surface area contributed by atoms with Gasteiger partial charge in [0.25, 0.3) is 0 Å². The van der Waals surface area contributed by atoms with E-state index in [0.29, 0.717) is 6.04 Å². The Morgan fingerprint density at radius 1 is 0.639 bits per heavy atom. The Morgan fingerprint density at radius 3 is 1.69 bits per heavy atom. The van der Waals surface area contributed by atoms with Crippen molar-refractivity contribution in [2.24, 2.45) is 4.99 Å². The van der Waals surface area contributed by atoms with Gasteiger partial charge in [-0.2, -0.15) is 0 Å². The monoisotopic (exact) mass is 475 g/mol. The number of aliphatic imine (C=N–C) groups is 1. The van der Waals surface area contributed by atoms with Gasteiger partial charge in [0.15, 0.2) is 0 Å². The van der Waals surface area contributed by atoms with E-state index in [1.165, 1.54) is 76.9 Å². The van der Waals surface area contributed by atoms with Crippen molar-refractivity contribution in [2.45, 2.75) is 38.1 Å². The zero-order chi connectivity index (χ0) is 25.1. The highest BCUT2D eigenvalue weighted by Gasteiger charge is 2.21. The van der Waals surface area contributed by atoms with Gasteiger partial charge in [-0.05, 0) is 71.0 Å². The molecular formula is C33H37N3. The second-order valence-electron chi connectivity index (χ2n) is 10.4. The van der Waals surface area contributed by atoms with Crippen molar-refractivity contribution in [3.8, 4) is 0 Å². The molecule has 3 aromatic carbocycles. The molecular weight excluding hydrogens is 438 g/mol. The van der Waals surface area contributed by atoms with Gasteiger partial charge in [-0.1, -0.05) is 73.9 Å². The van der Waals surface area contributed by atoms with Crippen LogP contribution in [0.5, 0.6) is 0 Å². The van der Waals surface area contributed by atoms with Gasteiger partial charge in [0.1, 0.15) is 0 Å². The first-order valence-corrected chi connectivity index (χ1v) is 13.2. The molecule has 0 atom stereocenters. The molecule has 3 nitrogen and oxygen atoms in total. The van der Waals surface area contributed by atoms with Gasteiger partial charge >= 0.3 is 0 Å². The second-order valence-corrected chi connectivity index (χ2v) is 10.4. The van der Waals surface area contributed by atoms with E-state index in [1.807, 2.05) is 0 Å². The number of hydrogen-bond acceptors (Lipinski definition) is 3. The molecule has 0 N–H and O–H groups in total. The van der Waals surface area contributed by atoms with Crippen LogP contribution >= 0.6 is 0 Å². The molecule has 0 aliphatic heterocycles. The summed E-state index contributed by atoms with van der Waals surface area (Å²) in [4.78, 5) is 9.52. The fraction of sp³-hybridized carbons (Fsp3) is 0.303. The number of anilines is 2. The van der Waals surface area contributed by atoms with Crippen LogP contribution < -0.4 is 9.80 Å². The first kappa shape index (κ1) is 24.1. The van der Waals surface area contributed by atoms with Gasteiger partial charge in [0.2, 0.25) is 0 Å². The highest BCUT2D eigenvalue weighted by molar-refractivity contribution is 6.19. The SMILES string of the molecule is CN(C)c1ccc(C(=C2C=CC(=NC3CCCCC3)c3ccccc32)c2ccc(N(C)C)cc2)cc1. The van der Waals surface area contributed by atoms with Gasteiger partial charge in [-0.25, -0.2) is 0 Å². The van der Waals surface area contributed by atoms with Crippen molar-refractivity contribution in [1.29, 1.82) is 0 Å². The van der Waals surface area contributed by atoms with Gasteiger partial charge in [-0.15, -0.1) is 0 Å². The van der Waals surface area contributed by atoms with Crippen LogP contribution in [0.2, 0.25) is 0 Å². The van der Waals surface area contributed by atoms with E-state index in [2.05, 4.69) is 123 Å². The Morgan fingerprint density at radius 2 is 1.17 bits per heavy atom. The second kappa shape index (κ2) is 10.6. The molecule has 184 valence electrons. The van der Waals surface area contributed by atoms with E-state index in [0.717, 1.165) is 5.71 Å². The molecule has 1 fully saturated rings. The molecule has 3 heteroatoms. The van der Waals surface area contributed by atoms with Crippen molar-refractivity contribution < 1.29 is 0 Å². The molecule has 0 saturated heterocycles. The summed E-state index contributed by atoms with van der Waals surface area (Å²) in [6.45, 7) is 0. The summed E-state index contributed by atoms with van der Waals surface area (Å²) in [7, 11) is 8.34. The number of allylic oxidation sites excluding steroid dienone is 3. The maximum absolute atomic E-state index is 5.23. The summed E-state index contributed by atoms with van der Waals surface area (Å²) in [6, 6.07) is 27.1. The minimum Gasteiger partial charge on any atom is -0.378 e. The standard InChI is InChI=1S/C33H37N3/c1-35(2)27-18-14-24(15-19-27)33(25-16-20-28(21-17-25)36(3)4)31-22-23-32(30-13-9-8-12-29(30)31)34-26-10-6-5-7-11-26/h8-9,12-23,26H,5-7,10-11H2,1-4H3. The van der Waals surface area contributed by atoms with Crippen LogP contribution in [0.3, 0.4) is 0 Å². The van der Waals surface area contributed by atoms with Crippen LogP contribution in [-0.4, -0.2) is 39.9 Å². The summed E-state index contributed by atoms with van der Waals surface area (Å²) in [5, 5.41) is 0. The van der Waals surface area contributed by atoms with Gasteiger partial charge in [0, 0.05) is 45.1 Å². The Balaban J connectivity index is 1.67. The van der Waals surface area contributed by atoms with Crippen LogP contribution in [0.15, 0.2) is 89.9 Å². The smallest absolute Gasteiger partial charge is 0.0656 e. The maximum atomic E-state index is 5.23. The first-order valence-electron chi connectivity index (χ1n) is 13.2. The summed E-state index contributed by atoms with van der Waals surface area (Å²) in [6.07, 6.45) is 10.9. The van der Waals surface area contributed by atoms with E-state index in [-0.39, 0.29) is 0 Å². The van der Waals surface area contributed by atoms with Crippen LogP contribution in [-0.2, 0) is 0 Å². The highest BCUT2D eigenvalue weighted by Crippen LogP contribution is 2.38. The van der Waals surface area contributed by atoms with Crippen LogP contribution in [0, 0.1) is 0 Å². The Kier molecular flexibility index (Phi) is 7.09. The predicted molar refractivity (Wildman–Crippen MR) is 156 cm³/mol. The van der Waals surface area contributed by atoms with Gasteiger partial charge < -0.3 is 9.80 Å². The molecule has 2 aliphatic rings. The van der Waals surface area contributed by atoms with Crippen molar-refractivity contribution in [2.75, 3.05) is 38.0 Å². The summed E-state index contributed by atoms with van der Waals surface area (Å²) in [5.74, 6) is 0. The zero-order valence-corrected chi connectivity index (χ0v) is 22.0. The lowest BCUT2D eigenvalue weighted by Gasteiger charge is -2.24. The van der Waals surface area contributed by atoms with Crippen molar-refractivity contribution >= 4 is 28.2 Å². The van der Waals surface area contributed by atoms with E-state index in [4.69, 9.17) is 4.99 Å². The van der Waals surface area contributed by atoms with Crippen molar-refractivity contribution in [3.05, 3.63) is 107 Å². The number of benzene rings is 3. The van der Waals surface area contributed by atoms with E-state index >= 15 is 0 Å². The molecule has 36 heavy (non-hydrogen) atoms. The minimum atomic E-state index is 0.452. The number of rotatable bonds is 5. The fourth-order valence-electron chi connectivity index (χ4n) is 5.35. The molecule has 0 aromatic heterocycles. The molecule has 0 amide bonds. The lowest BCUT2D eigenvalue weighted by Crippen LogP contribution is -2.15. The molecule has 0 radical (unpaired) electrons. The largest absolute Gasteiger partial charge is 0.378 e. The predicted octanol–water partition coefficient (Wildman–Crippen LogP) is 7.47. The summed E-state index contributed by atoms with van der Waals surface area (Å²) >= 11 is 0. The topological polar surface area (TPSA) is 18.8 Å². The van der Waals surface area contributed by atoms with Crippen LogP contribution in [0.1, 0.15) is 54.4 Å². The third-order valence-corrected chi connectivity index (χ3v) is 7.41. The fourth-order valence-corrected chi connectivity index (χ4v) is 5.35. The summed E-state index contributed by atoms with van der Waals surface area (Å²) < 4.78 is 0. The third-order valence-electron chi connectivity index (χ3n) is 7.41. The molecule has 1 saturated carbocycles. The summed E-state index contributed by atoms with van der Waals surface area (Å²) in [5.41, 5.74) is 11.0. The van der Waals surface area contributed by atoms with E-state index in [1.54, 1.807) is 0 Å². The van der Waals surface area contributed by atoms with E-state index in [9.17, 15) is 0 Å². The Bertz CT molecular complexity index is 1230. The normalized spacial score (nSPS) is 16.7. The van der Waals surface area contributed by atoms with Gasteiger partial charge in [-0.3, -0.25) is 4.99 Å². The quantitative estimate of drug-likeness (QED) is 0.381. The van der Waals surface area contributed by atoms with Crippen LogP contribution in [0.25, 0.3) is 11.1 Å². The lowest BCUT2D eigenvalue weighted by atomic mass is 9.83. The van der Waals surface area contributed by atoms with E-state index < -0.39 is 0 Å². The molecule has 2 aliphatic carbocycles. The lowest BCUT2D eigenvalue weighted by molar-refractivity contribution is 0.444. The minimum absolute atomic E-state index is 0.452. The number of nitrogens with zero attached hydrogens (tertiary/aromatic N) is 3. The Labute approximate surface area is 216 Å². The third kappa shape index (κ3) is 5.02. The Hall–Kier alpha value is -3.59. The molecule has 3 aromatic rings. The zero-order valence-electron chi connectivity index (χ0n) is 22.0. The molecule has 0 heterocycles. The molecule has 0 bridgehead atoms. The van der Waals surface area contributed by atoms with Crippen LogP contribution in [0.4, 0.5) is 11.4 Å². The number of hydrogen-bond donors (Lipinski definition) is 0. The van der Waals surface area contributed by atoms with Gasteiger partial charge in [0.05, 0.1) is 11.8 Å². The molecule has 0 spiro atoms.